The van der Waals surface area contributed by atoms with Crippen LogP contribution in [0.25, 0.3) is 0 Å². The van der Waals surface area contributed by atoms with Crippen LogP contribution in [0.4, 0.5) is 0 Å². The summed E-state index contributed by atoms with van der Waals surface area (Å²) in [6.07, 6.45) is 1.58. The molecule has 3 N–H and O–H groups in total. The highest BCUT2D eigenvalue weighted by Gasteiger charge is 1.80. The molecule has 0 aliphatic rings. The van der Waals surface area contributed by atoms with E-state index in [1.807, 2.05) is 45.2 Å². The minimum Gasteiger partial charge on any atom is -0.394 e. The molecule has 2 nitrogen and oxygen atoms in total. The maximum Gasteiger partial charge on any atom is 0.0944 e. The molecule has 0 aliphatic carbocycles. The van der Waals surface area contributed by atoms with Crippen LogP contribution in [0, 0.1) is 5.41 Å². The number of rotatable bonds is 1. The monoisotopic (exact) mass is 322 g/mol. The first-order valence-corrected chi connectivity index (χ1v) is 3.65. The van der Waals surface area contributed by atoms with Gasteiger partial charge in [0.2, 0.25) is 0 Å². The highest BCUT2D eigenvalue weighted by molar-refractivity contribution is 14.1. The topological polar surface area (TPSA) is 49.9 Å². The van der Waals surface area contributed by atoms with Crippen LogP contribution in [0.3, 0.4) is 0 Å². The fourth-order valence-electron chi connectivity index (χ4n) is 0.121. The van der Waals surface area contributed by atoms with Gasteiger partial charge in [0.1, 0.15) is 0 Å². The Kier molecular flexibility index (Phi) is 3.99. The van der Waals surface area contributed by atoms with Crippen molar-refractivity contribution in [2.45, 2.75) is 0 Å². The maximum atomic E-state index is 6.85. The summed E-state index contributed by atoms with van der Waals surface area (Å²) < 4.78 is 1.11. The highest BCUT2D eigenvalue weighted by atomic mass is 127. The zero-order valence-corrected chi connectivity index (χ0v) is 7.73. The van der Waals surface area contributed by atoms with Crippen molar-refractivity contribution in [2.24, 2.45) is 5.73 Å². The molecule has 0 heterocycles. The second-order valence-electron chi connectivity index (χ2n) is 0.877. The Hall–Kier alpha value is 0.670. The van der Waals surface area contributed by atoms with Gasteiger partial charge in [0.25, 0.3) is 0 Å². The molecule has 4 heteroatoms. The molecule has 0 radical (unpaired) electrons. The first-order chi connectivity index (χ1) is 3.13. The fourth-order valence-corrected chi connectivity index (χ4v) is 1.36. The summed E-state index contributed by atoms with van der Waals surface area (Å²) in [5, 5.41) is 6.85. The van der Waals surface area contributed by atoms with E-state index in [4.69, 9.17) is 11.1 Å². The van der Waals surface area contributed by atoms with E-state index in [9.17, 15) is 0 Å². The molecule has 0 aromatic rings. The van der Waals surface area contributed by atoms with Crippen LogP contribution < -0.4 is 5.73 Å². The van der Waals surface area contributed by atoms with E-state index in [1.165, 1.54) is 0 Å². The molecule has 40 valence electrons. The lowest BCUT2D eigenvalue weighted by Gasteiger charge is -1.81. The number of allylic oxidation sites excluding steroid dienone is 1. The highest BCUT2D eigenvalue weighted by Crippen LogP contribution is 1.98. The second-order valence-corrected chi connectivity index (χ2v) is 3.28. The summed E-state index contributed by atoms with van der Waals surface area (Å²) in [4.78, 5) is 0. The minimum absolute atomic E-state index is 0.463. The second kappa shape index (κ2) is 3.65. The van der Waals surface area contributed by atoms with Crippen LogP contribution in [-0.4, -0.2) is 3.72 Å². The number of hydrogen-bond donors (Lipinski definition) is 2. The molecule has 0 spiro atoms. The van der Waals surface area contributed by atoms with Crippen molar-refractivity contribution in [3.05, 3.63) is 9.78 Å². The van der Waals surface area contributed by atoms with E-state index in [0.717, 1.165) is 0 Å². The van der Waals surface area contributed by atoms with Crippen molar-refractivity contribution < 1.29 is 0 Å². The molecule has 0 saturated heterocycles. The van der Waals surface area contributed by atoms with Crippen LogP contribution in [-0.2, 0) is 0 Å². The SMILES string of the molecule is N=C(I)/C=C(/N)I. The van der Waals surface area contributed by atoms with Gasteiger partial charge >= 0.3 is 0 Å². The Morgan fingerprint density at radius 2 is 2.00 bits per heavy atom. The third-order valence-electron chi connectivity index (χ3n) is 0.265. The zero-order chi connectivity index (χ0) is 5.86. The Labute approximate surface area is 69.3 Å². The predicted octanol–water partition coefficient (Wildman–Crippen LogP) is 1.63. The number of nitrogens with two attached hydrogens (primary N) is 1. The molecule has 7 heavy (non-hydrogen) atoms. The summed E-state index contributed by atoms with van der Waals surface area (Å²) in [6.45, 7) is 0. The van der Waals surface area contributed by atoms with Gasteiger partial charge in [-0.2, -0.15) is 0 Å². The van der Waals surface area contributed by atoms with Crippen molar-refractivity contribution in [3.8, 4) is 0 Å². The fraction of sp³-hybridized carbons (Fsp3) is 0. The molecule has 0 aliphatic heterocycles. The third kappa shape index (κ3) is 6.67. The van der Waals surface area contributed by atoms with Gasteiger partial charge in [0, 0.05) is 0 Å². The zero-order valence-electron chi connectivity index (χ0n) is 3.41. The molecular formula is C3H4I2N2. The Morgan fingerprint density at radius 1 is 1.57 bits per heavy atom. The van der Waals surface area contributed by atoms with Gasteiger partial charge in [-0.3, -0.25) is 5.41 Å². The molecule has 0 bridgehead atoms. The lowest BCUT2D eigenvalue weighted by atomic mass is 10.7. The van der Waals surface area contributed by atoms with Crippen molar-refractivity contribution in [1.29, 1.82) is 5.41 Å². The van der Waals surface area contributed by atoms with Crippen LogP contribution in [0.15, 0.2) is 9.78 Å². The molecule has 0 rings (SSSR count). The Balaban J connectivity index is 3.68. The molecule has 0 amide bonds. The molecule has 0 aromatic heterocycles. The summed E-state index contributed by atoms with van der Waals surface area (Å²) in [7, 11) is 0. The third-order valence-corrected chi connectivity index (χ3v) is 0.887. The smallest absolute Gasteiger partial charge is 0.0944 e. The van der Waals surface area contributed by atoms with Gasteiger partial charge < -0.3 is 5.73 Å². The normalized spacial score (nSPS) is 11.4. The van der Waals surface area contributed by atoms with Crippen LogP contribution in [0.2, 0.25) is 0 Å². The number of hydrogen-bond acceptors (Lipinski definition) is 2. The van der Waals surface area contributed by atoms with Gasteiger partial charge in [-0.15, -0.1) is 0 Å². The van der Waals surface area contributed by atoms with E-state index in [1.54, 1.807) is 6.08 Å². The van der Waals surface area contributed by atoms with Gasteiger partial charge in [-0.25, -0.2) is 0 Å². The average Bonchev–Trinajstić information content (AvgIpc) is 1.27. The lowest BCUT2D eigenvalue weighted by Crippen LogP contribution is -1.87. The number of halogens is 2. The van der Waals surface area contributed by atoms with E-state index in [2.05, 4.69) is 0 Å². The van der Waals surface area contributed by atoms with Crippen molar-refractivity contribution >= 4 is 48.9 Å². The van der Waals surface area contributed by atoms with E-state index >= 15 is 0 Å². The molecule has 0 aromatic carbocycles. The van der Waals surface area contributed by atoms with Crippen molar-refractivity contribution in [2.75, 3.05) is 0 Å². The first-order valence-electron chi connectivity index (χ1n) is 1.49. The molecule has 0 saturated carbocycles. The quantitative estimate of drug-likeness (QED) is 0.430. The van der Waals surface area contributed by atoms with E-state index in [-0.39, 0.29) is 0 Å². The van der Waals surface area contributed by atoms with Gasteiger partial charge in [0.15, 0.2) is 0 Å². The first kappa shape index (κ1) is 7.67. The summed E-state index contributed by atoms with van der Waals surface area (Å²) in [5.74, 6) is 0. The van der Waals surface area contributed by atoms with E-state index < -0.39 is 0 Å². The molecule has 0 unspecified atom stereocenters. The summed E-state index contributed by atoms with van der Waals surface area (Å²) >= 11 is 3.83. The van der Waals surface area contributed by atoms with Crippen LogP contribution in [0.1, 0.15) is 0 Å². The van der Waals surface area contributed by atoms with E-state index in [0.29, 0.717) is 7.42 Å². The van der Waals surface area contributed by atoms with Crippen molar-refractivity contribution in [1.82, 2.24) is 0 Å². The van der Waals surface area contributed by atoms with Crippen LogP contribution in [0.5, 0.6) is 0 Å². The van der Waals surface area contributed by atoms with Crippen LogP contribution >= 0.6 is 45.2 Å². The average molecular weight is 322 g/mol. The number of nitrogens with one attached hydrogen (secondary N) is 1. The van der Waals surface area contributed by atoms with Gasteiger partial charge in [0.05, 0.1) is 7.42 Å². The minimum atomic E-state index is 0.463. The van der Waals surface area contributed by atoms with Gasteiger partial charge in [-0.05, 0) is 51.3 Å². The maximum absolute atomic E-state index is 6.85. The summed E-state index contributed by atoms with van der Waals surface area (Å²) in [5.41, 5.74) is 5.20. The molecule has 0 atom stereocenters. The lowest BCUT2D eigenvalue weighted by molar-refractivity contribution is 1.54. The molecular weight excluding hydrogens is 318 g/mol. The van der Waals surface area contributed by atoms with Crippen molar-refractivity contribution in [3.63, 3.8) is 0 Å². The molecule has 0 fully saturated rings. The Morgan fingerprint density at radius 3 is 2.00 bits per heavy atom. The summed E-state index contributed by atoms with van der Waals surface area (Å²) in [6, 6.07) is 0. The predicted molar refractivity (Wildman–Crippen MR) is 48.0 cm³/mol. The largest absolute Gasteiger partial charge is 0.394 e. The standard InChI is InChI=1S/C3H4I2N2/c4-2(6)1-3(5)7/h1,6H,7H2/b3-1+,6-2?. The van der Waals surface area contributed by atoms with Gasteiger partial charge in [-0.1, -0.05) is 0 Å². The Bertz CT molecular complexity index is 104.